The second-order valence-electron chi connectivity index (χ2n) is 3.84. The minimum atomic E-state index is 0.0372. The Morgan fingerprint density at radius 2 is 2.12 bits per heavy atom. The molecule has 0 N–H and O–H groups in total. The van der Waals surface area contributed by atoms with Crippen LogP contribution < -0.4 is 14.4 Å². The maximum atomic E-state index is 11.5. The average molecular weight is 300 g/mol. The number of carbonyl (C=O) groups is 1. The third-order valence-electron chi connectivity index (χ3n) is 2.95. The first kappa shape index (κ1) is 12.2. The summed E-state index contributed by atoms with van der Waals surface area (Å²) in [5.74, 6) is 1.46. The van der Waals surface area contributed by atoms with Crippen LogP contribution in [0.15, 0.2) is 10.5 Å². The van der Waals surface area contributed by atoms with Gasteiger partial charge >= 0.3 is 0 Å². The highest BCUT2D eigenvalue weighted by atomic mass is 79.9. The molecule has 5 heteroatoms. The third kappa shape index (κ3) is 1.88. The Bertz CT molecular complexity index is 473. The zero-order chi connectivity index (χ0) is 12.6. The lowest BCUT2D eigenvalue weighted by Crippen LogP contribution is -2.25. The SMILES string of the molecule is COc1cc2c(c(OC)c1Br)CCN2C(C)=O. The monoisotopic (exact) mass is 299 g/mol. The maximum absolute atomic E-state index is 11.5. The highest BCUT2D eigenvalue weighted by Gasteiger charge is 2.28. The van der Waals surface area contributed by atoms with E-state index >= 15 is 0 Å². The molecule has 0 atom stereocenters. The van der Waals surface area contributed by atoms with Crippen LogP contribution in [0.5, 0.6) is 11.5 Å². The fourth-order valence-corrected chi connectivity index (χ4v) is 2.83. The molecule has 0 saturated heterocycles. The first-order valence-corrected chi connectivity index (χ1v) is 6.11. The highest BCUT2D eigenvalue weighted by Crippen LogP contribution is 2.45. The van der Waals surface area contributed by atoms with Crippen molar-refractivity contribution in [1.29, 1.82) is 0 Å². The molecule has 0 spiro atoms. The number of amides is 1. The van der Waals surface area contributed by atoms with E-state index in [1.165, 1.54) is 0 Å². The lowest BCUT2D eigenvalue weighted by Gasteiger charge is -2.18. The molecule has 0 radical (unpaired) electrons. The van der Waals surface area contributed by atoms with Crippen LogP contribution in [0.4, 0.5) is 5.69 Å². The molecule has 0 fully saturated rings. The van der Waals surface area contributed by atoms with Crippen molar-refractivity contribution in [3.63, 3.8) is 0 Å². The largest absolute Gasteiger partial charge is 0.495 e. The van der Waals surface area contributed by atoms with Gasteiger partial charge in [-0.15, -0.1) is 0 Å². The van der Waals surface area contributed by atoms with Crippen molar-refractivity contribution in [2.75, 3.05) is 25.7 Å². The Labute approximate surface area is 109 Å². The maximum Gasteiger partial charge on any atom is 0.223 e. The molecule has 0 aliphatic carbocycles. The first-order chi connectivity index (χ1) is 8.10. The molecule has 1 amide bonds. The van der Waals surface area contributed by atoms with E-state index in [0.717, 1.165) is 27.9 Å². The van der Waals surface area contributed by atoms with E-state index in [2.05, 4.69) is 15.9 Å². The van der Waals surface area contributed by atoms with Crippen LogP contribution in [0.25, 0.3) is 0 Å². The quantitative estimate of drug-likeness (QED) is 0.841. The Morgan fingerprint density at radius 3 is 2.65 bits per heavy atom. The second kappa shape index (κ2) is 4.56. The Kier molecular flexibility index (Phi) is 3.28. The molecule has 1 aliphatic rings. The molecule has 92 valence electrons. The summed E-state index contributed by atoms with van der Waals surface area (Å²) in [6.45, 7) is 2.26. The van der Waals surface area contributed by atoms with Crippen LogP contribution in [0.3, 0.4) is 0 Å². The molecule has 0 saturated carbocycles. The summed E-state index contributed by atoms with van der Waals surface area (Å²) in [4.78, 5) is 13.3. The number of hydrogen-bond donors (Lipinski definition) is 0. The van der Waals surface area contributed by atoms with Gasteiger partial charge in [-0.05, 0) is 22.4 Å². The standard InChI is InChI=1S/C12H14BrNO3/c1-7(15)14-5-4-8-9(14)6-10(16-2)11(13)12(8)17-3/h6H,4-5H2,1-3H3. The molecule has 17 heavy (non-hydrogen) atoms. The van der Waals surface area contributed by atoms with E-state index in [0.29, 0.717) is 12.3 Å². The number of hydrogen-bond acceptors (Lipinski definition) is 3. The van der Waals surface area contributed by atoms with Crippen molar-refractivity contribution in [1.82, 2.24) is 0 Å². The van der Waals surface area contributed by atoms with Gasteiger partial charge in [-0.25, -0.2) is 0 Å². The van der Waals surface area contributed by atoms with Crippen LogP contribution in [-0.4, -0.2) is 26.7 Å². The second-order valence-corrected chi connectivity index (χ2v) is 4.64. The summed E-state index contributed by atoms with van der Waals surface area (Å²) < 4.78 is 11.5. The summed E-state index contributed by atoms with van der Waals surface area (Å²) in [5.41, 5.74) is 1.93. The van der Waals surface area contributed by atoms with E-state index in [1.54, 1.807) is 26.0 Å². The predicted molar refractivity (Wildman–Crippen MR) is 69.0 cm³/mol. The molecule has 1 aliphatic heterocycles. The summed E-state index contributed by atoms with van der Waals surface area (Å²) in [6, 6.07) is 1.87. The number of anilines is 1. The Morgan fingerprint density at radius 1 is 1.41 bits per heavy atom. The zero-order valence-corrected chi connectivity index (χ0v) is 11.6. The van der Waals surface area contributed by atoms with Crippen molar-refractivity contribution in [3.8, 4) is 11.5 Å². The minimum Gasteiger partial charge on any atom is -0.495 e. The molecule has 0 bridgehead atoms. The van der Waals surface area contributed by atoms with Crippen LogP contribution in [0.1, 0.15) is 12.5 Å². The van der Waals surface area contributed by atoms with Crippen LogP contribution in [0.2, 0.25) is 0 Å². The van der Waals surface area contributed by atoms with E-state index in [4.69, 9.17) is 9.47 Å². The lowest BCUT2D eigenvalue weighted by atomic mass is 10.1. The summed E-state index contributed by atoms with van der Waals surface area (Å²) in [6.07, 6.45) is 0.806. The molecule has 1 aromatic carbocycles. The van der Waals surface area contributed by atoms with Crippen molar-refractivity contribution in [3.05, 3.63) is 16.1 Å². The third-order valence-corrected chi connectivity index (χ3v) is 3.70. The number of methoxy groups -OCH3 is 2. The van der Waals surface area contributed by atoms with E-state index in [9.17, 15) is 4.79 Å². The van der Waals surface area contributed by atoms with Crippen molar-refractivity contribution >= 4 is 27.5 Å². The number of benzene rings is 1. The predicted octanol–water partition coefficient (Wildman–Crippen LogP) is 2.38. The number of fused-ring (bicyclic) bond motifs is 1. The van der Waals surface area contributed by atoms with Crippen LogP contribution >= 0.6 is 15.9 Å². The smallest absolute Gasteiger partial charge is 0.223 e. The zero-order valence-electron chi connectivity index (χ0n) is 10.0. The van der Waals surface area contributed by atoms with Gasteiger partial charge in [0.25, 0.3) is 0 Å². The van der Waals surface area contributed by atoms with Gasteiger partial charge in [0.15, 0.2) is 0 Å². The molecule has 1 aromatic rings. The van der Waals surface area contributed by atoms with Crippen molar-refractivity contribution in [2.45, 2.75) is 13.3 Å². The minimum absolute atomic E-state index is 0.0372. The van der Waals surface area contributed by atoms with Gasteiger partial charge in [0.2, 0.25) is 5.91 Å². The number of ether oxygens (including phenoxy) is 2. The first-order valence-electron chi connectivity index (χ1n) is 5.31. The van der Waals surface area contributed by atoms with Crippen LogP contribution in [0, 0.1) is 0 Å². The Balaban J connectivity index is 2.61. The van der Waals surface area contributed by atoms with Gasteiger partial charge in [-0.1, -0.05) is 0 Å². The van der Waals surface area contributed by atoms with E-state index < -0.39 is 0 Å². The van der Waals surface area contributed by atoms with E-state index in [-0.39, 0.29) is 5.91 Å². The highest BCUT2D eigenvalue weighted by molar-refractivity contribution is 9.10. The van der Waals surface area contributed by atoms with Gasteiger partial charge in [0.05, 0.1) is 19.9 Å². The van der Waals surface area contributed by atoms with Gasteiger partial charge < -0.3 is 14.4 Å². The molecule has 4 nitrogen and oxygen atoms in total. The van der Waals surface area contributed by atoms with Crippen molar-refractivity contribution < 1.29 is 14.3 Å². The number of carbonyl (C=O) groups excluding carboxylic acids is 1. The number of nitrogens with zero attached hydrogens (tertiary/aromatic N) is 1. The molecule has 0 aromatic heterocycles. The van der Waals surface area contributed by atoms with Crippen molar-refractivity contribution in [2.24, 2.45) is 0 Å². The normalized spacial score (nSPS) is 13.5. The average Bonchev–Trinajstić information content (AvgIpc) is 2.71. The molecule has 2 rings (SSSR count). The van der Waals surface area contributed by atoms with E-state index in [1.807, 2.05) is 6.07 Å². The van der Waals surface area contributed by atoms with Gasteiger partial charge in [-0.2, -0.15) is 0 Å². The summed E-state index contributed by atoms with van der Waals surface area (Å²) >= 11 is 3.46. The van der Waals surface area contributed by atoms with Gasteiger partial charge in [0.1, 0.15) is 16.0 Å². The topological polar surface area (TPSA) is 38.8 Å². The van der Waals surface area contributed by atoms with Gasteiger partial charge in [0, 0.05) is 25.1 Å². The number of rotatable bonds is 2. The summed E-state index contributed by atoms with van der Waals surface area (Å²) in [7, 11) is 3.22. The molecule has 1 heterocycles. The lowest BCUT2D eigenvalue weighted by molar-refractivity contribution is -0.116. The fraction of sp³-hybridized carbons (Fsp3) is 0.417. The molecule has 0 unspecified atom stereocenters. The van der Waals surface area contributed by atoms with Crippen LogP contribution in [-0.2, 0) is 11.2 Å². The number of halogens is 1. The molecular weight excluding hydrogens is 286 g/mol. The molecular formula is C12H14BrNO3. The Hall–Kier alpha value is -1.23. The van der Waals surface area contributed by atoms with Gasteiger partial charge in [-0.3, -0.25) is 4.79 Å². The summed E-state index contributed by atoms with van der Waals surface area (Å²) in [5, 5.41) is 0. The fourth-order valence-electron chi connectivity index (χ4n) is 2.15.